The van der Waals surface area contributed by atoms with Crippen LogP contribution < -0.4 is 9.88 Å². The summed E-state index contributed by atoms with van der Waals surface area (Å²) in [6.07, 6.45) is 4.45. The number of nitrogens with zero attached hydrogens (tertiary/aromatic N) is 1. The molecule has 2 aromatic rings. The second-order valence-corrected chi connectivity index (χ2v) is 4.89. The molecular formula is C17H16FN2+. The van der Waals surface area contributed by atoms with Gasteiger partial charge < -0.3 is 0 Å². The van der Waals surface area contributed by atoms with Crippen molar-refractivity contribution in [2.45, 2.75) is 19.4 Å². The smallest absolute Gasteiger partial charge is 0.274 e. The van der Waals surface area contributed by atoms with Crippen molar-refractivity contribution in [1.29, 1.82) is 0 Å². The summed E-state index contributed by atoms with van der Waals surface area (Å²) in [4.78, 5) is 0. The Morgan fingerprint density at radius 1 is 0.950 bits per heavy atom. The summed E-state index contributed by atoms with van der Waals surface area (Å²) in [5.74, 6) is 7.10. The minimum Gasteiger partial charge on any atom is -0.274 e. The lowest BCUT2D eigenvalue weighted by atomic mass is 10.2. The van der Waals surface area contributed by atoms with Crippen LogP contribution in [0.1, 0.15) is 24.0 Å². The lowest BCUT2D eigenvalue weighted by Crippen LogP contribution is -2.35. The molecule has 3 heteroatoms. The van der Waals surface area contributed by atoms with Crippen LogP contribution in [-0.2, 0) is 6.54 Å². The quantitative estimate of drug-likeness (QED) is 0.573. The zero-order valence-electron chi connectivity index (χ0n) is 11.2. The van der Waals surface area contributed by atoms with Gasteiger partial charge in [0, 0.05) is 11.6 Å². The van der Waals surface area contributed by atoms with E-state index >= 15 is 0 Å². The molecule has 0 amide bonds. The Hall–Kier alpha value is -2.34. The first-order chi connectivity index (χ1) is 9.81. The van der Waals surface area contributed by atoms with E-state index in [1.165, 1.54) is 25.0 Å². The monoisotopic (exact) mass is 267 g/mol. The summed E-state index contributed by atoms with van der Waals surface area (Å²) in [6, 6.07) is 10.3. The van der Waals surface area contributed by atoms with Crippen molar-refractivity contribution in [1.82, 2.24) is 0 Å². The van der Waals surface area contributed by atoms with Gasteiger partial charge in [0.1, 0.15) is 12.0 Å². The molecule has 0 bridgehead atoms. The Balaban J connectivity index is 1.85. The van der Waals surface area contributed by atoms with E-state index in [1.54, 1.807) is 12.1 Å². The number of benzene rings is 1. The van der Waals surface area contributed by atoms with Gasteiger partial charge in [-0.3, -0.25) is 5.32 Å². The number of hydrogen-bond donors (Lipinski definition) is 1. The highest BCUT2D eigenvalue weighted by atomic mass is 19.1. The lowest BCUT2D eigenvalue weighted by molar-refractivity contribution is -0.682. The van der Waals surface area contributed by atoms with E-state index in [-0.39, 0.29) is 5.82 Å². The van der Waals surface area contributed by atoms with Gasteiger partial charge in [0.25, 0.3) is 5.82 Å². The molecule has 1 aromatic carbocycles. The second kappa shape index (κ2) is 5.75. The van der Waals surface area contributed by atoms with Crippen LogP contribution in [0.2, 0.25) is 0 Å². The average Bonchev–Trinajstić information content (AvgIpc) is 2.71. The van der Waals surface area contributed by atoms with Crippen molar-refractivity contribution < 1.29 is 8.96 Å². The fourth-order valence-electron chi connectivity index (χ4n) is 2.27. The number of halogens is 1. The van der Waals surface area contributed by atoms with Gasteiger partial charge >= 0.3 is 0 Å². The third kappa shape index (κ3) is 2.97. The second-order valence-electron chi connectivity index (χ2n) is 4.89. The summed E-state index contributed by atoms with van der Waals surface area (Å²) < 4.78 is 15.0. The third-order valence-electron chi connectivity index (χ3n) is 3.35. The molecule has 20 heavy (non-hydrogen) atoms. The van der Waals surface area contributed by atoms with Crippen molar-refractivity contribution in [3.8, 4) is 11.8 Å². The minimum atomic E-state index is -0.234. The van der Waals surface area contributed by atoms with E-state index in [1.807, 2.05) is 6.07 Å². The lowest BCUT2D eigenvalue weighted by Gasteiger charge is -2.02. The highest BCUT2D eigenvalue weighted by Crippen LogP contribution is 2.08. The van der Waals surface area contributed by atoms with Crippen molar-refractivity contribution in [2.24, 2.45) is 0 Å². The number of pyridine rings is 1. The van der Waals surface area contributed by atoms with E-state index in [9.17, 15) is 4.39 Å². The third-order valence-corrected chi connectivity index (χ3v) is 3.35. The zero-order chi connectivity index (χ0) is 13.8. The number of fused-ring (bicyclic) bond motifs is 1. The summed E-state index contributed by atoms with van der Waals surface area (Å²) in [5.41, 5.74) is 1.80. The van der Waals surface area contributed by atoms with Crippen LogP contribution in [-0.4, -0.2) is 6.54 Å². The first-order valence-corrected chi connectivity index (χ1v) is 6.86. The van der Waals surface area contributed by atoms with E-state index in [2.05, 4.69) is 34.0 Å². The van der Waals surface area contributed by atoms with Gasteiger partial charge in [-0.2, -0.15) is 0 Å². The predicted octanol–water partition coefficient (Wildman–Crippen LogP) is 2.72. The largest absolute Gasteiger partial charge is 0.274 e. The van der Waals surface area contributed by atoms with Gasteiger partial charge in [-0.05, 0) is 43.2 Å². The molecule has 0 saturated heterocycles. The molecule has 1 aliphatic rings. The van der Waals surface area contributed by atoms with Crippen LogP contribution in [0.25, 0.3) is 0 Å². The molecule has 100 valence electrons. The van der Waals surface area contributed by atoms with E-state index in [0.717, 1.165) is 30.0 Å². The fourth-order valence-corrected chi connectivity index (χ4v) is 2.27. The first kappa shape index (κ1) is 12.7. The molecule has 0 fully saturated rings. The number of nitrogens with one attached hydrogen (secondary N) is 1. The topological polar surface area (TPSA) is 15.9 Å². The predicted molar refractivity (Wildman–Crippen MR) is 76.7 cm³/mol. The van der Waals surface area contributed by atoms with E-state index in [4.69, 9.17) is 0 Å². The number of anilines is 1. The van der Waals surface area contributed by atoms with Crippen molar-refractivity contribution in [2.75, 3.05) is 11.9 Å². The maximum Gasteiger partial charge on any atom is 0.274 e. The van der Waals surface area contributed by atoms with E-state index < -0.39 is 0 Å². The van der Waals surface area contributed by atoms with Crippen molar-refractivity contribution >= 4 is 5.82 Å². The standard InChI is InChI=1S/C17H15FN2/c18-16-8-5-14(6-9-16)3-4-15-7-10-17-19-11-1-2-12-20(17)13-15/h5-10,13H,1-2,11-12H2/p+1. The van der Waals surface area contributed by atoms with Crippen LogP contribution in [0, 0.1) is 17.7 Å². The molecule has 0 spiro atoms. The van der Waals surface area contributed by atoms with Gasteiger partial charge in [-0.25, -0.2) is 8.96 Å². The summed E-state index contributed by atoms with van der Waals surface area (Å²) in [7, 11) is 0. The number of rotatable bonds is 0. The maximum atomic E-state index is 12.8. The van der Waals surface area contributed by atoms with Gasteiger partial charge in [-0.15, -0.1) is 0 Å². The van der Waals surface area contributed by atoms with Crippen LogP contribution in [0.4, 0.5) is 10.2 Å². The number of aryl methyl sites for hydroxylation is 1. The maximum absolute atomic E-state index is 12.8. The number of hydrogen-bond acceptors (Lipinski definition) is 1. The van der Waals surface area contributed by atoms with Gasteiger partial charge in [0.15, 0.2) is 0 Å². The van der Waals surface area contributed by atoms with Crippen LogP contribution in [0.3, 0.4) is 0 Å². The normalized spacial score (nSPS) is 13.4. The zero-order valence-corrected chi connectivity index (χ0v) is 11.2. The molecule has 1 N–H and O–H groups in total. The fraction of sp³-hybridized carbons (Fsp3) is 0.235. The summed E-state index contributed by atoms with van der Waals surface area (Å²) in [6.45, 7) is 2.05. The Bertz CT molecular complexity index is 666. The molecule has 2 nitrogen and oxygen atoms in total. The van der Waals surface area contributed by atoms with Gasteiger partial charge in [0.05, 0.1) is 18.7 Å². The Labute approximate surface area is 118 Å². The molecule has 3 rings (SSSR count). The molecule has 0 saturated carbocycles. The van der Waals surface area contributed by atoms with Gasteiger partial charge in [-0.1, -0.05) is 11.8 Å². The molecule has 0 unspecified atom stereocenters. The molecule has 0 radical (unpaired) electrons. The summed E-state index contributed by atoms with van der Waals surface area (Å²) in [5, 5.41) is 3.41. The summed E-state index contributed by atoms with van der Waals surface area (Å²) >= 11 is 0. The highest BCUT2D eigenvalue weighted by molar-refractivity contribution is 5.43. The Morgan fingerprint density at radius 2 is 1.70 bits per heavy atom. The molecule has 1 aromatic heterocycles. The van der Waals surface area contributed by atoms with Crippen molar-refractivity contribution in [3.05, 3.63) is 59.5 Å². The van der Waals surface area contributed by atoms with Crippen molar-refractivity contribution in [3.63, 3.8) is 0 Å². The van der Waals surface area contributed by atoms with E-state index in [0.29, 0.717) is 0 Å². The Morgan fingerprint density at radius 3 is 2.55 bits per heavy atom. The number of aromatic nitrogens is 1. The van der Waals surface area contributed by atoms with Crippen LogP contribution in [0.15, 0.2) is 42.6 Å². The Kier molecular flexibility index (Phi) is 3.64. The van der Waals surface area contributed by atoms with Crippen LogP contribution in [0.5, 0.6) is 0 Å². The molecule has 0 atom stereocenters. The van der Waals surface area contributed by atoms with Crippen LogP contribution >= 0.6 is 0 Å². The molecule has 0 aliphatic carbocycles. The van der Waals surface area contributed by atoms with Gasteiger partial charge in [0.2, 0.25) is 0 Å². The molecular weight excluding hydrogens is 251 g/mol. The SMILES string of the molecule is Fc1ccc(C#Cc2ccc3[n+](c2)CCCCN3)cc1. The first-order valence-electron chi connectivity index (χ1n) is 6.86. The molecule has 2 heterocycles. The highest BCUT2D eigenvalue weighted by Gasteiger charge is 2.12. The minimum absolute atomic E-state index is 0.234. The molecule has 1 aliphatic heterocycles. The average molecular weight is 267 g/mol.